The van der Waals surface area contributed by atoms with Crippen molar-refractivity contribution in [2.24, 2.45) is 0 Å². The minimum atomic E-state index is -5.29. The average Bonchev–Trinajstić information content (AvgIpc) is 2.80. The van der Waals surface area contributed by atoms with Crippen LogP contribution in [0.1, 0.15) is 23.1 Å². The summed E-state index contributed by atoms with van der Waals surface area (Å²) < 4.78 is 140. The van der Waals surface area contributed by atoms with Crippen LogP contribution in [0.2, 0.25) is 0 Å². The first-order valence-electron chi connectivity index (χ1n) is 11.0. The summed E-state index contributed by atoms with van der Waals surface area (Å²) in [7, 11) is 0. The van der Waals surface area contributed by atoms with Crippen LogP contribution in [0.15, 0.2) is 66.7 Å². The molecule has 14 heteroatoms. The quantitative estimate of drug-likeness (QED) is 0.205. The van der Waals surface area contributed by atoms with Gasteiger partial charge in [-0.15, -0.1) is 13.2 Å². The van der Waals surface area contributed by atoms with E-state index in [1.54, 1.807) is 0 Å². The summed E-state index contributed by atoms with van der Waals surface area (Å²) in [6, 6.07) is 11.0. The molecule has 0 saturated carbocycles. The van der Waals surface area contributed by atoms with Gasteiger partial charge in [0, 0.05) is 18.2 Å². The highest BCUT2D eigenvalue weighted by atomic mass is 19.4. The molecule has 1 atom stereocenters. The van der Waals surface area contributed by atoms with Crippen molar-refractivity contribution < 1.29 is 58.5 Å². The number of rotatable bonds is 9. The molecule has 0 aliphatic heterocycles. The Kier molecular flexibility index (Phi) is 8.58. The number of nitrogens with one attached hydrogen (secondary N) is 1. The average molecular weight is 571 g/mol. The molecule has 0 aromatic heterocycles. The molecule has 0 heterocycles. The van der Waals surface area contributed by atoms with Crippen molar-refractivity contribution in [3.63, 3.8) is 0 Å². The second-order valence-corrected chi connectivity index (χ2v) is 8.30. The number of benzene rings is 3. The van der Waals surface area contributed by atoms with Crippen LogP contribution in [0, 0.1) is 5.82 Å². The Morgan fingerprint density at radius 3 is 2.05 bits per heavy atom. The van der Waals surface area contributed by atoms with Gasteiger partial charge in [-0.2, -0.15) is 26.3 Å². The van der Waals surface area contributed by atoms with Crippen LogP contribution in [0.5, 0.6) is 11.5 Å². The molecule has 39 heavy (non-hydrogen) atoms. The summed E-state index contributed by atoms with van der Waals surface area (Å²) in [5.74, 6) is -1.89. The number of anilines is 1. The number of aliphatic hydroxyl groups is 1. The van der Waals surface area contributed by atoms with Crippen molar-refractivity contribution in [1.82, 2.24) is 0 Å². The normalized spacial score (nSPS) is 14.0. The fourth-order valence-electron chi connectivity index (χ4n) is 3.42. The highest BCUT2D eigenvalue weighted by molar-refractivity contribution is 5.50. The lowest BCUT2D eigenvalue weighted by Gasteiger charge is -2.32. The molecule has 3 rings (SSSR count). The highest BCUT2D eigenvalue weighted by Gasteiger charge is 2.53. The number of ether oxygens (including phenoxy) is 2. The van der Waals surface area contributed by atoms with Crippen molar-refractivity contribution in [1.29, 1.82) is 0 Å². The molecule has 0 amide bonds. The predicted octanol–water partition coefficient (Wildman–Crippen LogP) is 7.62. The SMILES string of the molecule is OC(CCc1ccc(C(F)(F)F)cc1F)(Nc1cccc(OCc2cccc(OC(F)(F)F)c2)c1)C(F)(F)F. The van der Waals surface area contributed by atoms with E-state index in [0.29, 0.717) is 12.1 Å². The Morgan fingerprint density at radius 1 is 0.769 bits per heavy atom. The van der Waals surface area contributed by atoms with Crippen LogP contribution in [0.4, 0.5) is 49.6 Å². The van der Waals surface area contributed by atoms with E-state index in [4.69, 9.17) is 4.74 Å². The Morgan fingerprint density at radius 2 is 1.44 bits per heavy atom. The molecule has 212 valence electrons. The van der Waals surface area contributed by atoms with Crippen molar-refractivity contribution in [2.45, 2.75) is 43.9 Å². The minimum absolute atomic E-state index is 0.0135. The van der Waals surface area contributed by atoms with Gasteiger partial charge < -0.3 is 19.9 Å². The molecule has 0 aliphatic carbocycles. The van der Waals surface area contributed by atoms with Gasteiger partial charge in [-0.05, 0) is 53.9 Å². The monoisotopic (exact) mass is 571 g/mol. The molecule has 0 radical (unpaired) electrons. The molecule has 0 bridgehead atoms. The Hall–Kier alpha value is -3.68. The summed E-state index contributed by atoms with van der Waals surface area (Å²) in [4.78, 5) is 0. The first kappa shape index (κ1) is 29.9. The van der Waals surface area contributed by atoms with Gasteiger partial charge in [-0.1, -0.05) is 24.3 Å². The van der Waals surface area contributed by atoms with Gasteiger partial charge in [0.05, 0.1) is 5.56 Å². The van der Waals surface area contributed by atoms with Crippen LogP contribution in [0.3, 0.4) is 0 Å². The van der Waals surface area contributed by atoms with E-state index in [9.17, 15) is 49.0 Å². The first-order chi connectivity index (χ1) is 18.0. The third-order valence-electron chi connectivity index (χ3n) is 5.33. The maximum absolute atomic E-state index is 14.1. The standard InChI is InChI=1S/C25H19F10NO3/c26-21-12-17(23(27,28)29)8-7-16(21)9-10-22(37,24(30,31)32)36-18-4-2-5-19(13-18)38-14-15-3-1-6-20(11-15)39-25(33,34)35/h1-8,11-13,36-37H,9-10,14H2. The Balaban J connectivity index is 1.71. The van der Waals surface area contributed by atoms with Crippen LogP contribution in [-0.2, 0) is 19.2 Å². The van der Waals surface area contributed by atoms with E-state index < -0.39 is 60.0 Å². The number of hydrogen-bond donors (Lipinski definition) is 2. The van der Waals surface area contributed by atoms with Crippen molar-refractivity contribution in [3.8, 4) is 11.5 Å². The van der Waals surface area contributed by atoms with Gasteiger partial charge in [-0.3, -0.25) is 0 Å². The molecular formula is C25H19F10NO3. The largest absolute Gasteiger partial charge is 0.573 e. The van der Waals surface area contributed by atoms with Gasteiger partial charge in [0.2, 0.25) is 5.72 Å². The van der Waals surface area contributed by atoms with E-state index >= 15 is 0 Å². The van der Waals surface area contributed by atoms with E-state index in [0.717, 1.165) is 24.3 Å². The second kappa shape index (κ2) is 11.2. The van der Waals surface area contributed by atoms with E-state index in [1.807, 2.05) is 5.32 Å². The van der Waals surface area contributed by atoms with Gasteiger partial charge in [-0.25, -0.2) is 4.39 Å². The number of halogens is 10. The second-order valence-electron chi connectivity index (χ2n) is 8.30. The third-order valence-corrected chi connectivity index (χ3v) is 5.33. The fourth-order valence-corrected chi connectivity index (χ4v) is 3.42. The topological polar surface area (TPSA) is 50.7 Å². The summed E-state index contributed by atoms with van der Waals surface area (Å²) in [6.45, 7) is -0.282. The molecule has 3 aromatic rings. The van der Waals surface area contributed by atoms with Crippen molar-refractivity contribution >= 4 is 5.69 Å². The summed E-state index contributed by atoms with van der Waals surface area (Å²) in [5.41, 5.74) is -5.43. The molecule has 0 aliphatic rings. The van der Waals surface area contributed by atoms with Crippen molar-refractivity contribution in [2.75, 3.05) is 5.32 Å². The number of hydrogen-bond acceptors (Lipinski definition) is 4. The highest BCUT2D eigenvalue weighted by Crippen LogP contribution is 2.37. The molecule has 2 N–H and O–H groups in total. The zero-order valence-electron chi connectivity index (χ0n) is 19.5. The summed E-state index contributed by atoms with van der Waals surface area (Å²) in [6.07, 6.45) is -17.0. The maximum Gasteiger partial charge on any atom is 0.573 e. The van der Waals surface area contributed by atoms with Gasteiger partial charge in [0.1, 0.15) is 23.9 Å². The summed E-state index contributed by atoms with van der Waals surface area (Å²) in [5, 5.41) is 12.3. The molecular weight excluding hydrogens is 552 g/mol. The lowest BCUT2D eigenvalue weighted by atomic mass is 9.99. The summed E-state index contributed by atoms with van der Waals surface area (Å²) >= 11 is 0. The van der Waals surface area contributed by atoms with Crippen LogP contribution < -0.4 is 14.8 Å². The molecule has 0 fully saturated rings. The van der Waals surface area contributed by atoms with E-state index in [1.165, 1.54) is 24.3 Å². The number of alkyl halides is 9. The lowest BCUT2D eigenvalue weighted by molar-refractivity contribution is -0.274. The molecule has 4 nitrogen and oxygen atoms in total. The van der Waals surface area contributed by atoms with E-state index in [-0.39, 0.29) is 29.7 Å². The van der Waals surface area contributed by atoms with Crippen LogP contribution in [0.25, 0.3) is 0 Å². The van der Waals surface area contributed by atoms with E-state index in [2.05, 4.69) is 4.74 Å². The molecule has 3 aromatic carbocycles. The lowest BCUT2D eigenvalue weighted by Crippen LogP contribution is -2.52. The Labute approximate surface area is 214 Å². The molecule has 1 unspecified atom stereocenters. The predicted molar refractivity (Wildman–Crippen MR) is 118 cm³/mol. The van der Waals surface area contributed by atoms with Gasteiger partial charge in [0.15, 0.2) is 0 Å². The van der Waals surface area contributed by atoms with Crippen LogP contribution >= 0.6 is 0 Å². The smallest absolute Gasteiger partial charge is 0.489 e. The fraction of sp³-hybridized carbons (Fsp3) is 0.280. The zero-order valence-corrected chi connectivity index (χ0v) is 19.5. The molecule has 0 spiro atoms. The number of aryl methyl sites for hydroxylation is 1. The zero-order chi connectivity index (χ0) is 29.1. The van der Waals surface area contributed by atoms with Gasteiger partial charge >= 0.3 is 18.7 Å². The van der Waals surface area contributed by atoms with Crippen LogP contribution in [-0.4, -0.2) is 23.4 Å². The third kappa shape index (κ3) is 8.40. The first-order valence-corrected chi connectivity index (χ1v) is 11.0. The van der Waals surface area contributed by atoms with Gasteiger partial charge in [0.25, 0.3) is 0 Å². The minimum Gasteiger partial charge on any atom is -0.489 e. The molecule has 0 saturated heterocycles. The maximum atomic E-state index is 14.1. The van der Waals surface area contributed by atoms with Crippen molar-refractivity contribution in [3.05, 3.63) is 89.2 Å². The Bertz CT molecular complexity index is 1270.